The van der Waals surface area contributed by atoms with Gasteiger partial charge in [-0.15, -0.1) is 0 Å². The molecule has 132 valence electrons. The highest BCUT2D eigenvalue weighted by Crippen LogP contribution is 2.30. The minimum Gasteiger partial charge on any atom is -0.399 e. The number of aromatic amines is 1. The zero-order valence-electron chi connectivity index (χ0n) is 14.6. The van der Waals surface area contributed by atoms with Crippen molar-refractivity contribution >= 4 is 27.6 Å². The number of nitrogens with zero attached hydrogens (tertiary/aromatic N) is 2. The summed E-state index contributed by atoms with van der Waals surface area (Å²) in [4.78, 5) is 20.3. The summed E-state index contributed by atoms with van der Waals surface area (Å²) in [7, 11) is 0. The van der Waals surface area contributed by atoms with Gasteiger partial charge in [0.25, 0.3) is 5.56 Å². The molecule has 2 heterocycles. The van der Waals surface area contributed by atoms with E-state index in [0.29, 0.717) is 17.9 Å². The number of anilines is 1. The Balaban J connectivity index is 1.99. The van der Waals surface area contributed by atoms with Gasteiger partial charge >= 0.3 is 0 Å². The Morgan fingerprint density at radius 2 is 2.04 bits per heavy atom. The first kappa shape index (κ1) is 16.4. The van der Waals surface area contributed by atoms with Crippen LogP contribution in [-0.2, 0) is 6.54 Å². The van der Waals surface area contributed by atoms with Crippen LogP contribution in [0, 0.1) is 6.92 Å². The van der Waals surface area contributed by atoms with E-state index in [-0.39, 0.29) is 5.56 Å². The van der Waals surface area contributed by atoms with Crippen LogP contribution in [0.1, 0.15) is 12.0 Å². The molecule has 0 amide bonds. The third kappa shape index (κ3) is 2.74. The van der Waals surface area contributed by atoms with Crippen LogP contribution in [0.2, 0.25) is 0 Å². The third-order valence-corrected chi connectivity index (χ3v) is 4.61. The van der Waals surface area contributed by atoms with E-state index in [9.17, 15) is 4.79 Å². The fourth-order valence-corrected chi connectivity index (χ4v) is 3.33. The van der Waals surface area contributed by atoms with Crippen molar-refractivity contribution in [2.45, 2.75) is 19.9 Å². The Morgan fingerprint density at radius 1 is 1.19 bits per heavy atom. The van der Waals surface area contributed by atoms with Gasteiger partial charge in [0.15, 0.2) is 0 Å². The van der Waals surface area contributed by atoms with Crippen molar-refractivity contribution < 1.29 is 0 Å². The fraction of sp³-hybridized carbons (Fsp3) is 0.200. The molecule has 0 spiro atoms. The maximum atomic E-state index is 12.7. The van der Waals surface area contributed by atoms with Crippen molar-refractivity contribution in [3.05, 3.63) is 58.5 Å². The maximum absolute atomic E-state index is 12.7. The summed E-state index contributed by atoms with van der Waals surface area (Å²) in [5.74, 6) is 0. The van der Waals surface area contributed by atoms with Gasteiger partial charge in [0, 0.05) is 34.9 Å². The molecule has 26 heavy (non-hydrogen) atoms. The van der Waals surface area contributed by atoms with Gasteiger partial charge in [0.05, 0.1) is 11.0 Å². The van der Waals surface area contributed by atoms with E-state index in [2.05, 4.69) is 14.5 Å². The molecule has 4 aromatic rings. The first-order valence-corrected chi connectivity index (χ1v) is 8.66. The van der Waals surface area contributed by atoms with Gasteiger partial charge < -0.3 is 21.0 Å². The topological polar surface area (TPSA) is 103 Å². The van der Waals surface area contributed by atoms with Crippen molar-refractivity contribution in [2.75, 3.05) is 12.3 Å². The van der Waals surface area contributed by atoms with E-state index in [0.717, 1.165) is 46.0 Å². The summed E-state index contributed by atoms with van der Waals surface area (Å²) in [6.45, 7) is 3.39. The number of nitrogens with one attached hydrogen (secondary N) is 1. The number of nitrogens with two attached hydrogens (primary N) is 2. The molecule has 0 radical (unpaired) electrons. The van der Waals surface area contributed by atoms with Crippen LogP contribution in [0.5, 0.6) is 0 Å². The standard InChI is InChI=1S/C20H21N5O/c1-12-3-5-16-17(9-12)23-19(20(26)24-16)15-11-25(8-2-7-21)18-6-4-13(22)10-14(15)18/h3-6,9-11H,2,7-8,21-22H2,1H3,(H,24,26). The van der Waals surface area contributed by atoms with Crippen molar-refractivity contribution in [3.63, 3.8) is 0 Å². The van der Waals surface area contributed by atoms with Crippen LogP contribution in [-0.4, -0.2) is 21.1 Å². The lowest BCUT2D eigenvalue weighted by Crippen LogP contribution is -2.11. The van der Waals surface area contributed by atoms with Crippen molar-refractivity contribution in [1.29, 1.82) is 0 Å². The van der Waals surface area contributed by atoms with Crippen molar-refractivity contribution in [2.24, 2.45) is 5.73 Å². The smallest absolute Gasteiger partial charge is 0.275 e. The molecule has 0 aliphatic heterocycles. The minimum atomic E-state index is -0.207. The van der Waals surface area contributed by atoms with Gasteiger partial charge in [-0.05, 0) is 55.8 Å². The molecule has 5 N–H and O–H groups in total. The van der Waals surface area contributed by atoms with Crippen LogP contribution >= 0.6 is 0 Å². The predicted octanol–water partition coefficient (Wildman–Crippen LogP) is 2.78. The number of aromatic nitrogens is 3. The van der Waals surface area contributed by atoms with Gasteiger partial charge in [-0.1, -0.05) is 6.07 Å². The largest absolute Gasteiger partial charge is 0.399 e. The van der Waals surface area contributed by atoms with Gasteiger partial charge in [-0.2, -0.15) is 0 Å². The Labute approximate surface area is 150 Å². The van der Waals surface area contributed by atoms with E-state index in [1.807, 2.05) is 49.5 Å². The van der Waals surface area contributed by atoms with E-state index < -0.39 is 0 Å². The SMILES string of the molecule is Cc1ccc2[nH]c(=O)c(-c3cn(CCCN)c4ccc(N)cc34)nc2c1. The summed E-state index contributed by atoms with van der Waals surface area (Å²) < 4.78 is 2.11. The second kappa shape index (κ2) is 6.31. The highest BCUT2D eigenvalue weighted by molar-refractivity contribution is 5.97. The third-order valence-electron chi connectivity index (χ3n) is 4.61. The monoisotopic (exact) mass is 347 g/mol. The molecule has 0 bridgehead atoms. The Bertz CT molecular complexity index is 1170. The fourth-order valence-electron chi connectivity index (χ4n) is 3.33. The lowest BCUT2D eigenvalue weighted by atomic mass is 10.1. The number of rotatable bonds is 4. The number of hydrogen-bond acceptors (Lipinski definition) is 4. The highest BCUT2D eigenvalue weighted by atomic mass is 16.1. The molecule has 0 fully saturated rings. The average Bonchev–Trinajstić information content (AvgIpc) is 2.97. The van der Waals surface area contributed by atoms with Gasteiger partial charge in [0.1, 0.15) is 5.69 Å². The normalized spacial score (nSPS) is 11.5. The lowest BCUT2D eigenvalue weighted by Gasteiger charge is -2.03. The van der Waals surface area contributed by atoms with Crippen LogP contribution < -0.4 is 17.0 Å². The van der Waals surface area contributed by atoms with E-state index >= 15 is 0 Å². The summed E-state index contributed by atoms with van der Waals surface area (Å²) in [5.41, 5.74) is 16.9. The molecular formula is C20H21N5O. The molecule has 2 aromatic heterocycles. The molecule has 0 saturated carbocycles. The second-order valence-electron chi connectivity index (χ2n) is 6.59. The Hall–Kier alpha value is -3.12. The number of benzene rings is 2. The molecule has 0 saturated heterocycles. The molecule has 0 atom stereocenters. The molecule has 4 rings (SSSR count). The number of hydrogen-bond donors (Lipinski definition) is 3. The molecule has 6 heteroatoms. The highest BCUT2D eigenvalue weighted by Gasteiger charge is 2.15. The van der Waals surface area contributed by atoms with Crippen LogP contribution in [0.15, 0.2) is 47.4 Å². The Kier molecular flexibility index (Phi) is 3.97. The summed E-state index contributed by atoms with van der Waals surface area (Å²) in [6, 6.07) is 11.5. The summed E-state index contributed by atoms with van der Waals surface area (Å²) >= 11 is 0. The Morgan fingerprint density at radius 3 is 2.85 bits per heavy atom. The number of H-pyrrole nitrogens is 1. The lowest BCUT2D eigenvalue weighted by molar-refractivity contribution is 0.671. The predicted molar refractivity (Wildman–Crippen MR) is 106 cm³/mol. The first-order valence-electron chi connectivity index (χ1n) is 8.66. The number of fused-ring (bicyclic) bond motifs is 2. The maximum Gasteiger partial charge on any atom is 0.275 e. The first-order chi connectivity index (χ1) is 12.6. The van der Waals surface area contributed by atoms with Crippen LogP contribution in [0.25, 0.3) is 33.2 Å². The molecule has 2 aromatic carbocycles. The summed E-state index contributed by atoms with van der Waals surface area (Å²) in [6.07, 6.45) is 2.83. The molecule has 0 aliphatic rings. The molecule has 0 unspecified atom stereocenters. The van der Waals surface area contributed by atoms with Crippen LogP contribution in [0.4, 0.5) is 5.69 Å². The number of aryl methyl sites for hydroxylation is 2. The molecule has 0 aliphatic carbocycles. The number of nitrogen functional groups attached to an aromatic ring is 1. The van der Waals surface area contributed by atoms with E-state index in [4.69, 9.17) is 11.5 Å². The zero-order valence-corrected chi connectivity index (χ0v) is 14.6. The quantitative estimate of drug-likeness (QED) is 0.494. The van der Waals surface area contributed by atoms with Crippen LogP contribution in [0.3, 0.4) is 0 Å². The van der Waals surface area contributed by atoms with Gasteiger partial charge in [-0.3, -0.25) is 4.79 Å². The van der Waals surface area contributed by atoms with Crippen molar-refractivity contribution in [1.82, 2.24) is 14.5 Å². The van der Waals surface area contributed by atoms with Gasteiger partial charge in [-0.25, -0.2) is 4.98 Å². The average molecular weight is 347 g/mol. The molecule has 6 nitrogen and oxygen atoms in total. The second-order valence-corrected chi connectivity index (χ2v) is 6.59. The molecular weight excluding hydrogens is 326 g/mol. The van der Waals surface area contributed by atoms with E-state index in [1.54, 1.807) is 0 Å². The minimum absolute atomic E-state index is 0.207. The zero-order chi connectivity index (χ0) is 18.3. The summed E-state index contributed by atoms with van der Waals surface area (Å²) in [5, 5.41) is 0.923. The van der Waals surface area contributed by atoms with E-state index in [1.165, 1.54) is 0 Å². The van der Waals surface area contributed by atoms with Gasteiger partial charge in [0.2, 0.25) is 0 Å². The van der Waals surface area contributed by atoms with Crippen molar-refractivity contribution in [3.8, 4) is 11.3 Å².